The van der Waals surface area contributed by atoms with Crippen molar-refractivity contribution in [3.05, 3.63) is 226 Å². The highest BCUT2D eigenvalue weighted by molar-refractivity contribution is 6.93. The van der Waals surface area contributed by atoms with E-state index in [-0.39, 0.29) is 44.8 Å². The molecule has 5 aliphatic rings. The van der Waals surface area contributed by atoms with Gasteiger partial charge in [0, 0.05) is 56.5 Å². The van der Waals surface area contributed by atoms with E-state index in [1.54, 1.807) is 0 Å². The third-order valence-electron chi connectivity index (χ3n) is 21.6. The Kier molecular flexibility index (Phi) is 12.4. The van der Waals surface area contributed by atoms with E-state index in [2.05, 4.69) is 308 Å². The number of benzene rings is 9. The molecule has 0 unspecified atom stereocenters. The van der Waals surface area contributed by atoms with Gasteiger partial charge in [0.2, 0.25) is 0 Å². The minimum Gasteiger partial charge on any atom is -0.376 e. The van der Waals surface area contributed by atoms with Crippen molar-refractivity contribution in [1.29, 1.82) is 0 Å². The minimum absolute atomic E-state index is 0.000366. The van der Waals surface area contributed by atoms with Crippen LogP contribution in [0.2, 0.25) is 0 Å². The minimum atomic E-state index is -0.217. The lowest BCUT2D eigenvalue weighted by molar-refractivity contribution is 0.332. The average Bonchev–Trinajstić information content (AvgIpc) is 1.09. The second-order valence-corrected chi connectivity index (χ2v) is 31.6. The van der Waals surface area contributed by atoms with Crippen LogP contribution in [-0.2, 0) is 37.9 Å². The standard InChI is InChI=1S/C82H88BN3/c1-51-45-65-67(81(14,15)44-43-79(65,10)11)50-71(51)85-69-39-36-58(84(56-31-27-54(28-32-56)76(2,3)4)57-33-29-55(30-34-57)77(5,6)7)49-68(69)83-75-61(46-53(47-72(75)85)52-23-19-18-20-24-52)74-70(40-38-64-73(74)60-25-21-22-26-62(60)82(64,16)17)86(83)59-35-37-63-66(48-59)80(12,13)42-41-78(63,8)9/h18-40,45-50H,41-44H2,1-17H3. The van der Waals surface area contributed by atoms with Crippen molar-refractivity contribution < 1.29 is 0 Å². The lowest BCUT2D eigenvalue weighted by Gasteiger charge is -2.48. The van der Waals surface area contributed by atoms with Crippen molar-refractivity contribution in [3.63, 3.8) is 0 Å². The molecule has 0 amide bonds. The monoisotopic (exact) mass is 1130 g/mol. The molecule has 0 N–H and O–H groups in total. The van der Waals surface area contributed by atoms with Crippen LogP contribution in [0, 0.1) is 6.92 Å². The van der Waals surface area contributed by atoms with Crippen LogP contribution in [0.5, 0.6) is 0 Å². The molecule has 14 rings (SSSR count). The summed E-state index contributed by atoms with van der Waals surface area (Å²) in [5, 5.41) is 0. The Morgan fingerprint density at radius 2 is 0.919 bits per heavy atom. The highest BCUT2D eigenvalue weighted by atomic mass is 15.2. The quantitative estimate of drug-likeness (QED) is 0.154. The third kappa shape index (κ3) is 8.64. The Labute approximate surface area is 515 Å². The molecule has 9 aromatic carbocycles. The Morgan fingerprint density at radius 1 is 0.395 bits per heavy atom. The summed E-state index contributed by atoms with van der Waals surface area (Å²) in [6.07, 6.45) is 4.62. The van der Waals surface area contributed by atoms with Crippen LogP contribution in [-0.4, -0.2) is 6.85 Å². The highest BCUT2D eigenvalue weighted by Gasteiger charge is 2.50. The molecule has 2 aliphatic heterocycles. The summed E-state index contributed by atoms with van der Waals surface area (Å²) in [6.45, 7) is 40.7. The normalized spacial score (nSPS) is 17.8. The van der Waals surface area contributed by atoms with E-state index in [1.165, 1.54) is 136 Å². The molecule has 3 nitrogen and oxygen atoms in total. The molecule has 434 valence electrons. The molecule has 0 aromatic heterocycles. The van der Waals surface area contributed by atoms with Gasteiger partial charge in [-0.25, -0.2) is 0 Å². The lowest BCUT2D eigenvalue weighted by atomic mass is 9.43. The van der Waals surface area contributed by atoms with Gasteiger partial charge in [-0.05, 0) is 233 Å². The van der Waals surface area contributed by atoms with E-state index in [1.807, 2.05) is 0 Å². The van der Waals surface area contributed by atoms with Gasteiger partial charge in [-0.3, -0.25) is 0 Å². The van der Waals surface area contributed by atoms with Crippen molar-refractivity contribution in [2.75, 3.05) is 14.6 Å². The fourth-order valence-corrected chi connectivity index (χ4v) is 16.1. The van der Waals surface area contributed by atoms with Gasteiger partial charge >= 0.3 is 6.85 Å². The first-order chi connectivity index (χ1) is 40.5. The predicted octanol–water partition coefficient (Wildman–Crippen LogP) is 21.4. The number of rotatable bonds is 6. The Bertz CT molecular complexity index is 4180. The van der Waals surface area contributed by atoms with Crippen molar-refractivity contribution in [2.45, 2.75) is 181 Å². The second-order valence-electron chi connectivity index (χ2n) is 31.6. The summed E-state index contributed by atoms with van der Waals surface area (Å²) >= 11 is 0. The molecule has 9 aromatic rings. The van der Waals surface area contributed by atoms with E-state index in [9.17, 15) is 0 Å². The van der Waals surface area contributed by atoms with Crippen LogP contribution in [0.1, 0.15) is 187 Å². The molecular formula is C82H88BN3. The largest absolute Gasteiger partial charge is 0.376 e. The van der Waals surface area contributed by atoms with Crippen LogP contribution >= 0.6 is 0 Å². The third-order valence-corrected chi connectivity index (χ3v) is 21.6. The fraction of sp³-hybridized carbons (Fsp3) is 0.341. The lowest BCUT2D eigenvalue weighted by Crippen LogP contribution is -2.61. The molecule has 0 bridgehead atoms. The Morgan fingerprint density at radius 3 is 1.52 bits per heavy atom. The Hall–Kier alpha value is -7.56. The van der Waals surface area contributed by atoms with E-state index >= 15 is 0 Å². The number of anilines is 8. The number of hydrogen-bond acceptors (Lipinski definition) is 3. The van der Waals surface area contributed by atoms with Gasteiger partial charge in [-0.2, -0.15) is 0 Å². The zero-order valence-corrected chi connectivity index (χ0v) is 54.5. The molecule has 3 aliphatic carbocycles. The van der Waals surface area contributed by atoms with Crippen molar-refractivity contribution in [2.24, 2.45) is 0 Å². The maximum atomic E-state index is 2.81. The molecule has 0 saturated carbocycles. The molecule has 2 heterocycles. The zero-order chi connectivity index (χ0) is 60.6. The number of fused-ring (bicyclic) bond motifs is 10. The molecule has 0 atom stereocenters. The van der Waals surface area contributed by atoms with Crippen LogP contribution in [0.3, 0.4) is 0 Å². The maximum absolute atomic E-state index is 2.81. The van der Waals surface area contributed by atoms with E-state index in [4.69, 9.17) is 0 Å². The first-order valence-electron chi connectivity index (χ1n) is 32.1. The summed E-state index contributed by atoms with van der Waals surface area (Å²) in [5.74, 6) is 0. The van der Waals surface area contributed by atoms with Crippen LogP contribution in [0.4, 0.5) is 45.5 Å². The summed E-state index contributed by atoms with van der Waals surface area (Å²) in [7, 11) is 0. The van der Waals surface area contributed by atoms with Crippen molar-refractivity contribution in [1.82, 2.24) is 0 Å². The van der Waals surface area contributed by atoms with Crippen molar-refractivity contribution in [3.8, 4) is 33.4 Å². The van der Waals surface area contributed by atoms with E-state index in [0.717, 1.165) is 29.9 Å². The average molecular weight is 1130 g/mol. The van der Waals surface area contributed by atoms with Crippen LogP contribution in [0.25, 0.3) is 33.4 Å². The smallest absolute Gasteiger partial charge is 0.333 e. The van der Waals surface area contributed by atoms with Crippen LogP contribution < -0.4 is 25.5 Å². The number of aryl methyl sites for hydroxylation is 1. The van der Waals surface area contributed by atoms with Gasteiger partial charge in [0.15, 0.2) is 0 Å². The molecule has 86 heavy (non-hydrogen) atoms. The number of nitrogens with zero attached hydrogens (tertiary/aromatic N) is 3. The highest BCUT2D eigenvalue weighted by Crippen LogP contribution is 2.59. The number of hydrogen-bond donors (Lipinski definition) is 0. The van der Waals surface area contributed by atoms with Gasteiger partial charge in [0.25, 0.3) is 0 Å². The zero-order valence-electron chi connectivity index (χ0n) is 54.5. The topological polar surface area (TPSA) is 9.72 Å². The van der Waals surface area contributed by atoms with Crippen LogP contribution in [0.15, 0.2) is 176 Å². The summed E-state index contributed by atoms with van der Waals surface area (Å²) in [5.41, 5.74) is 32.6. The summed E-state index contributed by atoms with van der Waals surface area (Å²) in [6, 6.07) is 69.8. The molecule has 4 heteroatoms. The summed E-state index contributed by atoms with van der Waals surface area (Å²) < 4.78 is 0. The van der Waals surface area contributed by atoms with Gasteiger partial charge in [-0.1, -0.05) is 208 Å². The van der Waals surface area contributed by atoms with E-state index < -0.39 is 0 Å². The molecular weight excluding hydrogens is 1040 g/mol. The van der Waals surface area contributed by atoms with Crippen molar-refractivity contribution >= 4 is 63.3 Å². The van der Waals surface area contributed by atoms with Gasteiger partial charge in [0.05, 0.1) is 0 Å². The fourth-order valence-electron chi connectivity index (χ4n) is 16.1. The molecule has 0 spiro atoms. The Balaban J connectivity index is 1.13. The van der Waals surface area contributed by atoms with Gasteiger partial charge in [-0.15, -0.1) is 0 Å². The molecule has 0 radical (unpaired) electrons. The molecule has 0 saturated heterocycles. The van der Waals surface area contributed by atoms with Gasteiger partial charge < -0.3 is 14.6 Å². The summed E-state index contributed by atoms with van der Waals surface area (Å²) in [4.78, 5) is 8.04. The first-order valence-corrected chi connectivity index (χ1v) is 32.1. The molecule has 0 fully saturated rings. The first kappa shape index (κ1) is 56.3. The maximum Gasteiger partial charge on any atom is 0.333 e. The predicted molar refractivity (Wildman–Crippen MR) is 371 cm³/mol. The SMILES string of the molecule is Cc1cc2c(cc1N1c3ccc(N(c4ccc(C(C)(C)C)cc4)c4ccc(C(C)(C)C)cc4)cc3B3c4c(cc(-c5ccccc5)cc41)-c1c(ccc4c1-c1ccccc1C4(C)C)N3c1ccc3c(c1)C(C)(C)CCC3(C)C)C(C)(C)CCC2(C)C. The van der Waals surface area contributed by atoms with E-state index in [0.29, 0.717) is 0 Å². The van der Waals surface area contributed by atoms with Gasteiger partial charge in [0.1, 0.15) is 0 Å². The second kappa shape index (κ2) is 19.0.